The van der Waals surface area contributed by atoms with Crippen LogP contribution in [0.25, 0.3) is 0 Å². The molecule has 0 aliphatic heterocycles. The molecular weight excluding hydrogens is 216 g/mol. The van der Waals surface area contributed by atoms with Gasteiger partial charge in [-0.2, -0.15) is 0 Å². The smallest absolute Gasteiger partial charge is 0.251 e. The van der Waals surface area contributed by atoms with Crippen LogP contribution in [0.3, 0.4) is 0 Å². The lowest BCUT2D eigenvalue weighted by atomic mass is 10.0. The molecule has 1 atom stereocenters. The van der Waals surface area contributed by atoms with Crippen molar-refractivity contribution in [2.75, 3.05) is 7.05 Å². The van der Waals surface area contributed by atoms with E-state index in [1.54, 1.807) is 6.20 Å². The molecule has 94 valence electrons. The molecule has 0 radical (unpaired) electrons. The number of hydrazine groups is 1. The molecule has 0 fully saturated rings. The van der Waals surface area contributed by atoms with Gasteiger partial charge in [-0.05, 0) is 25.1 Å². The predicted octanol–water partition coefficient (Wildman–Crippen LogP) is 0.528. The van der Waals surface area contributed by atoms with Crippen molar-refractivity contribution in [3.05, 3.63) is 30.1 Å². The molecule has 0 aliphatic carbocycles. The number of carbonyl (C=O) groups is 1. The summed E-state index contributed by atoms with van der Waals surface area (Å²) in [4.78, 5) is 17.9. The molecule has 0 aromatic carbocycles. The van der Waals surface area contributed by atoms with Gasteiger partial charge in [-0.1, -0.05) is 19.9 Å². The number of nitrogens with zero attached hydrogens (tertiary/aromatic N) is 2. The molecule has 1 unspecified atom stereocenters. The first-order valence-corrected chi connectivity index (χ1v) is 5.67. The lowest BCUT2D eigenvalue weighted by molar-refractivity contribution is -0.127. The summed E-state index contributed by atoms with van der Waals surface area (Å²) in [5.41, 5.74) is 3.15. The summed E-state index contributed by atoms with van der Waals surface area (Å²) in [6.07, 6.45) is 1.75. The summed E-state index contributed by atoms with van der Waals surface area (Å²) in [6.45, 7) is 4.61. The van der Waals surface area contributed by atoms with Gasteiger partial charge in [-0.25, -0.2) is 5.84 Å². The zero-order valence-electron chi connectivity index (χ0n) is 10.6. The molecule has 3 N–H and O–H groups in total. The summed E-state index contributed by atoms with van der Waals surface area (Å²) in [5.74, 6) is 5.22. The van der Waals surface area contributed by atoms with E-state index in [1.165, 1.54) is 0 Å². The molecule has 1 heterocycles. The number of hydrogen-bond donors (Lipinski definition) is 2. The van der Waals surface area contributed by atoms with Gasteiger partial charge in [0.05, 0.1) is 11.7 Å². The highest BCUT2D eigenvalue weighted by Crippen LogP contribution is 2.11. The van der Waals surface area contributed by atoms with Crippen LogP contribution in [-0.4, -0.2) is 28.9 Å². The number of pyridine rings is 1. The zero-order valence-corrected chi connectivity index (χ0v) is 10.6. The van der Waals surface area contributed by atoms with Crippen LogP contribution >= 0.6 is 0 Å². The van der Waals surface area contributed by atoms with Crippen LogP contribution in [0.1, 0.15) is 19.5 Å². The number of nitrogens with one attached hydrogen (secondary N) is 1. The van der Waals surface area contributed by atoms with Crippen LogP contribution < -0.4 is 11.3 Å². The van der Waals surface area contributed by atoms with Gasteiger partial charge in [0.25, 0.3) is 5.91 Å². The van der Waals surface area contributed by atoms with Gasteiger partial charge in [0.1, 0.15) is 0 Å². The van der Waals surface area contributed by atoms with E-state index in [-0.39, 0.29) is 17.9 Å². The highest BCUT2D eigenvalue weighted by atomic mass is 16.2. The molecule has 5 nitrogen and oxygen atoms in total. The minimum atomic E-state index is -0.248. The first-order valence-electron chi connectivity index (χ1n) is 5.67. The average Bonchev–Trinajstić information content (AvgIpc) is 2.29. The van der Waals surface area contributed by atoms with Gasteiger partial charge in [0.2, 0.25) is 0 Å². The number of hydrogen-bond acceptors (Lipinski definition) is 4. The Hall–Kier alpha value is -1.46. The molecule has 0 spiro atoms. The molecule has 5 heteroatoms. The molecule has 0 saturated carbocycles. The normalized spacial score (nSPS) is 12.8. The number of rotatable bonds is 5. The predicted molar refractivity (Wildman–Crippen MR) is 66.7 cm³/mol. The van der Waals surface area contributed by atoms with Crippen molar-refractivity contribution in [2.24, 2.45) is 11.8 Å². The molecular formula is C12H20N4O. The third kappa shape index (κ3) is 3.80. The number of likely N-dealkylation sites (N-methyl/N-ethyl adjacent to an activating group) is 1. The van der Waals surface area contributed by atoms with Crippen molar-refractivity contribution in [2.45, 2.75) is 26.4 Å². The molecule has 0 bridgehead atoms. The first-order chi connectivity index (χ1) is 8.06. The zero-order chi connectivity index (χ0) is 12.8. The molecule has 1 aromatic rings. The Morgan fingerprint density at radius 3 is 2.71 bits per heavy atom. The fourth-order valence-electron chi connectivity index (χ4n) is 1.94. The van der Waals surface area contributed by atoms with E-state index in [2.05, 4.69) is 10.4 Å². The Bertz CT molecular complexity index is 353. The molecule has 17 heavy (non-hydrogen) atoms. The van der Waals surface area contributed by atoms with Crippen molar-refractivity contribution in [1.82, 2.24) is 15.3 Å². The number of nitrogens with two attached hydrogens (primary N) is 1. The Morgan fingerprint density at radius 2 is 2.24 bits per heavy atom. The SMILES string of the molecule is CC(C)C(C(=O)NN)N(C)Cc1ccccn1. The minimum Gasteiger partial charge on any atom is -0.293 e. The van der Waals surface area contributed by atoms with Crippen molar-refractivity contribution >= 4 is 5.91 Å². The van der Waals surface area contributed by atoms with E-state index in [0.717, 1.165) is 5.69 Å². The second-order valence-corrected chi connectivity index (χ2v) is 4.43. The van der Waals surface area contributed by atoms with E-state index in [0.29, 0.717) is 6.54 Å². The number of carbonyl (C=O) groups excluding carboxylic acids is 1. The quantitative estimate of drug-likeness (QED) is 0.444. The van der Waals surface area contributed by atoms with E-state index < -0.39 is 0 Å². The first kappa shape index (κ1) is 13.6. The van der Waals surface area contributed by atoms with Crippen LogP contribution in [0.15, 0.2) is 24.4 Å². The Labute approximate surface area is 102 Å². The van der Waals surface area contributed by atoms with Crippen LogP contribution in [0.2, 0.25) is 0 Å². The van der Waals surface area contributed by atoms with E-state index >= 15 is 0 Å². The highest BCUT2D eigenvalue weighted by molar-refractivity contribution is 5.81. The third-order valence-electron chi connectivity index (χ3n) is 2.65. The second-order valence-electron chi connectivity index (χ2n) is 4.43. The van der Waals surface area contributed by atoms with E-state index in [1.807, 2.05) is 44.0 Å². The molecule has 0 aliphatic rings. The van der Waals surface area contributed by atoms with Crippen LogP contribution in [-0.2, 0) is 11.3 Å². The Morgan fingerprint density at radius 1 is 1.53 bits per heavy atom. The maximum atomic E-state index is 11.7. The average molecular weight is 236 g/mol. The lowest BCUT2D eigenvalue weighted by Gasteiger charge is -2.29. The van der Waals surface area contributed by atoms with Gasteiger partial charge in [0.15, 0.2) is 0 Å². The highest BCUT2D eigenvalue weighted by Gasteiger charge is 2.25. The van der Waals surface area contributed by atoms with E-state index in [9.17, 15) is 4.79 Å². The molecule has 1 aromatic heterocycles. The van der Waals surface area contributed by atoms with Crippen molar-refractivity contribution < 1.29 is 4.79 Å². The summed E-state index contributed by atoms with van der Waals surface area (Å²) in [6, 6.07) is 5.50. The monoisotopic (exact) mass is 236 g/mol. The van der Waals surface area contributed by atoms with Crippen molar-refractivity contribution in [3.8, 4) is 0 Å². The second kappa shape index (κ2) is 6.32. The molecule has 1 rings (SSSR count). The van der Waals surface area contributed by atoms with E-state index in [4.69, 9.17) is 5.84 Å². The van der Waals surface area contributed by atoms with Crippen LogP contribution in [0.4, 0.5) is 0 Å². The maximum Gasteiger partial charge on any atom is 0.251 e. The standard InChI is InChI=1S/C12H20N4O/c1-9(2)11(12(17)15-13)16(3)8-10-6-4-5-7-14-10/h4-7,9,11H,8,13H2,1-3H3,(H,15,17). The minimum absolute atomic E-state index is 0.168. The topological polar surface area (TPSA) is 71.2 Å². The van der Waals surface area contributed by atoms with Crippen LogP contribution in [0.5, 0.6) is 0 Å². The third-order valence-corrected chi connectivity index (χ3v) is 2.65. The number of aromatic nitrogens is 1. The molecule has 1 amide bonds. The van der Waals surface area contributed by atoms with Gasteiger partial charge in [-0.3, -0.25) is 20.1 Å². The van der Waals surface area contributed by atoms with Crippen molar-refractivity contribution in [3.63, 3.8) is 0 Å². The Kier molecular flexibility index (Phi) is 5.06. The number of amides is 1. The fraction of sp³-hybridized carbons (Fsp3) is 0.500. The van der Waals surface area contributed by atoms with Gasteiger partial charge in [0, 0.05) is 12.7 Å². The summed E-state index contributed by atoms with van der Waals surface area (Å²) in [7, 11) is 1.90. The summed E-state index contributed by atoms with van der Waals surface area (Å²) >= 11 is 0. The van der Waals surface area contributed by atoms with Gasteiger partial charge in [-0.15, -0.1) is 0 Å². The largest absolute Gasteiger partial charge is 0.293 e. The summed E-state index contributed by atoms with van der Waals surface area (Å²) < 4.78 is 0. The lowest BCUT2D eigenvalue weighted by Crippen LogP contribution is -2.50. The Balaban J connectivity index is 2.72. The van der Waals surface area contributed by atoms with Crippen LogP contribution in [0, 0.1) is 5.92 Å². The fourth-order valence-corrected chi connectivity index (χ4v) is 1.94. The molecule has 0 saturated heterocycles. The van der Waals surface area contributed by atoms with Gasteiger partial charge < -0.3 is 0 Å². The maximum absolute atomic E-state index is 11.7. The van der Waals surface area contributed by atoms with Crippen molar-refractivity contribution in [1.29, 1.82) is 0 Å². The summed E-state index contributed by atoms with van der Waals surface area (Å²) in [5, 5.41) is 0. The van der Waals surface area contributed by atoms with Gasteiger partial charge >= 0.3 is 0 Å².